The Kier molecular flexibility index (Phi) is 9.27. The smallest absolute Gasteiger partial charge is 0.160 e. The van der Waals surface area contributed by atoms with Crippen LogP contribution >= 0.6 is 0 Å². The van der Waals surface area contributed by atoms with Crippen molar-refractivity contribution in [1.82, 2.24) is 9.97 Å². The summed E-state index contributed by atoms with van der Waals surface area (Å²) in [7, 11) is 0. The van der Waals surface area contributed by atoms with E-state index in [-0.39, 0.29) is 0 Å². The zero-order valence-electron chi connectivity index (χ0n) is 31.8. The molecule has 0 bridgehead atoms. The number of nitrogens with zero attached hydrogens (tertiary/aromatic N) is 2. The first-order valence-electron chi connectivity index (χ1n) is 19.7. The molecule has 0 saturated heterocycles. The molecule has 0 fully saturated rings. The van der Waals surface area contributed by atoms with Gasteiger partial charge in [-0.15, -0.1) is 0 Å². The van der Waals surface area contributed by atoms with Crippen molar-refractivity contribution in [3.63, 3.8) is 0 Å². The van der Waals surface area contributed by atoms with Crippen molar-refractivity contribution in [3.05, 3.63) is 231 Å². The Balaban J connectivity index is 1.16. The van der Waals surface area contributed by atoms with Crippen LogP contribution in [0.5, 0.6) is 0 Å². The van der Waals surface area contributed by atoms with Gasteiger partial charge in [-0.2, -0.15) is 0 Å². The maximum absolute atomic E-state index is 5.36. The third-order valence-corrected chi connectivity index (χ3v) is 10.9. The van der Waals surface area contributed by atoms with Gasteiger partial charge in [0.2, 0.25) is 0 Å². The minimum absolute atomic E-state index is 0.689. The normalized spacial score (nSPS) is 11.1. The van der Waals surface area contributed by atoms with Crippen molar-refractivity contribution >= 4 is 10.8 Å². The Morgan fingerprint density at radius 2 is 0.552 bits per heavy atom. The monoisotopic (exact) mass is 738 g/mol. The Morgan fingerprint density at radius 1 is 0.190 bits per heavy atom. The van der Waals surface area contributed by atoms with E-state index in [4.69, 9.17) is 9.97 Å². The summed E-state index contributed by atoms with van der Waals surface area (Å²) in [6.45, 7) is 0. The Bertz CT molecular complexity index is 2920. The van der Waals surface area contributed by atoms with Crippen LogP contribution in [0.25, 0.3) is 100 Å². The summed E-state index contributed by atoms with van der Waals surface area (Å²) in [5.74, 6) is 0.689. The molecule has 9 aromatic carbocycles. The van der Waals surface area contributed by atoms with E-state index in [9.17, 15) is 0 Å². The first-order chi connectivity index (χ1) is 28.7. The van der Waals surface area contributed by atoms with Gasteiger partial charge in [0.15, 0.2) is 5.82 Å². The van der Waals surface area contributed by atoms with E-state index in [1.807, 2.05) is 0 Å². The minimum atomic E-state index is 0.689. The summed E-state index contributed by atoms with van der Waals surface area (Å²) in [5, 5.41) is 2.34. The van der Waals surface area contributed by atoms with E-state index in [0.717, 1.165) is 55.7 Å². The van der Waals surface area contributed by atoms with E-state index < -0.39 is 0 Å². The molecule has 1 heterocycles. The molecule has 1 aromatic heterocycles. The van der Waals surface area contributed by atoms with Gasteiger partial charge in [0, 0.05) is 16.7 Å². The van der Waals surface area contributed by atoms with Crippen molar-refractivity contribution in [3.8, 4) is 89.5 Å². The van der Waals surface area contributed by atoms with Gasteiger partial charge in [0.25, 0.3) is 0 Å². The first kappa shape index (κ1) is 34.8. The molecule has 0 amide bonds. The van der Waals surface area contributed by atoms with Crippen LogP contribution in [0.3, 0.4) is 0 Å². The van der Waals surface area contributed by atoms with Gasteiger partial charge in [-0.3, -0.25) is 0 Å². The fraction of sp³-hybridized carbons (Fsp3) is 0. The average Bonchev–Trinajstić information content (AvgIpc) is 3.32. The average molecular weight is 739 g/mol. The summed E-state index contributed by atoms with van der Waals surface area (Å²) in [5.41, 5.74) is 16.4. The Hall–Kier alpha value is -7.68. The Labute approximate surface area is 339 Å². The van der Waals surface area contributed by atoms with Crippen LogP contribution in [0.4, 0.5) is 0 Å². The highest BCUT2D eigenvalue weighted by molar-refractivity contribution is 5.88. The van der Waals surface area contributed by atoms with Crippen LogP contribution in [0.1, 0.15) is 0 Å². The largest absolute Gasteiger partial charge is 0.228 e. The second kappa shape index (κ2) is 15.5. The molecule has 0 spiro atoms. The van der Waals surface area contributed by atoms with Gasteiger partial charge in [0.05, 0.1) is 11.4 Å². The summed E-state index contributed by atoms with van der Waals surface area (Å²) < 4.78 is 0. The quantitative estimate of drug-likeness (QED) is 0.155. The number of aromatic nitrogens is 2. The molecule has 0 atom stereocenters. The maximum Gasteiger partial charge on any atom is 0.160 e. The van der Waals surface area contributed by atoms with Gasteiger partial charge in [-0.1, -0.05) is 188 Å². The summed E-state index contributed by atoms with van der Waals surface area (Å²) in [6.07, 6.45) is 0. The number of benzene rings is 9. The molecule has 272 valence electrons. The van der Waals surface area contributed by atoms with Gasteiger partial charge in [-0.05, 0) is 109 Å². The van der Waals surface area contributed by atoms with Crippen molar-refractivity contribution in [2.75, 3.05) is 0 Å². The molecule has 0 saturated carbocycles. The SMILES string of the molecule is c1ccc(-c2ccc(-c3cc(-c4cc(-c5cccc(-c6ccccc6)c5)cc(-c5cccc(-c6ccccc6)c5)c4)nc(-c4ccc5ccccc5c4)n3)cc2)cc1. The highest BCUT2D eigenvalue weighted by Crippen LogP contribution is 2.37. The van der Waals surface area contributed by atoms with Gasteiger partial charge in [0.1, 0.15) is 0 Å². The lowest BCUT2D eigenvalue weighted by atomic mass is 9.92. The predicted octanol–water partition coefficient (Wildman–Crippen LogP) is 15.0. The molecule has 0 aliphatic heterocycles. The van der Waals surface area contributed by atoms with Crippen LogP contribution in [-0.2, 0) is 0 Å². The van der Waals surface area contributed by atoms with E-state index in [0.29, 0.717) is 5.82 Å². The molecular formula is C56H38N2. The van der Waals surface area contributed by atoms with Crippen LogP contribution in [0, 0.1) is 0 Å². The van der Waals surface area contributed by atoms with Crippen LogP contribution in [-0.4, -0.2) is 9.97 Å². The van der Waals surface area contributed by atoms with Crippen LogP contribution in [0.2, 0.25) is 0 Å². The topological polar surface area (TPSA) is 25.8 Å². The van der Waals surface area contributed by atoms with E-state index >= 15 is 0 Å². The van der Waals surface area contributed by atoms with Crippen LogP contribution in [0.15, 0.2) is 231 Å². The van der Waals surface area contributed by atoms with Gasteiger partial charge < -0.3 is 0 Å². The Morgan fingerprint density at radius 3 is 1.10 bits per heavy atom. The van der Waals surface area contributed by atoms with Gasteiger partial charge in [-0.25, -0.2) is 9.97 Å². The zero-order chi connectivity index (χ0) is 38.7. The highest BCUT2D eigenvalue weighted by atomic mass is 14.9. The summed E-state index contributed by atoms with van der Waals surface area (Å²) in [4.78, 5) is 10.6. The minimum Gasteiger partial charge on any atom is -0.228 e. The molecule has 0 N–H and O–H groups in total. The molecular weight excluding hydrogens is 701 g/mol. The fourth-order valence-electron chi connectivity index (χ4n) is 7.79. The lowest BCUT2D eigenvalue weighted by Crippen LogP contribution is -1.97. The second-order valence-electron chi connectivity index (χ2n) is 14.7. The molecule has 2 heteroatoms. The van der Waals surface area contributed by atoms with E-state index in [2.05, 4.69) is 231 Å². The van der Waals surface area contributed by atoms with E-state index in [1.165, 1.54) is 38.8 Å². The number of fused-ring (bicyclic) bond motifs is 1. The predicted molar refractivity (Wildman–Crippen MR) is 243 cm³/mol. The second-order valence-corrected chi connectivity index (χ2v) is 14.7. The van der Waals surface area contributed by atoms with Crippen molar-refractivity contribution in [2.45, 2.75) is 0 Å². The van der Waals surface area contributed by atoms with Gasteiger partial charge >= 0.3 is 0 Å². The molecule has 0 radical (unpaired) electrons. The third kappa shape index (κ3) is 7.23. The lowest BCUT2D eigenvalue weighted by Gasteiger charge is -2.15. The van der Waals surface area contributed by atoms with Crippen molar-refractivity contribution < 1.29 is 0 Å². The van der Waals surface area contributed by atoms with E-state index in [1.54, 1.807) is 0 Å². The number of rotatable bonds is 8. The molecule has 0 aliphatic rings. The molecule has 0 unspecified atom stereocenters. The van der Waals surface area contributed by atoms with Crippen molar-refractivity contribution in [2.24, 2.45) is 0 Å². The maximum atomic E-state index is 5.36. The number of hydrogen-bond donors (Lipinski definition) is 0. The van der Waals surface area contributed by atoms with Crippen LogP contribution < -0.4 is 0 Å². The molecule has 2 nitrogen and oxygen atoms in total. The number of hydrogen-bond acceptors (Lipinski definition) is 2. The first-order valence-corrected chi connectivity index (χ1v) is 19.7. The van der Waals surface area contributed by atoms with Crippen molar-refractivity contribution in [1.29, 1.82) is 0 Å². The summed E-state index contributed by atoms with van der Waals surface area (Å²) >= 11 is 0. The molecule has 10 aromatic rings. The molecule has 10 rings (SSSR count). The fourth-order valence-corrected chi connectivity index (χ4v) is 7.79. The molecule has 0 aliphatic carbocycles. The third-order valence-electron chi connectivity index (χ3n) is 10.9. The zero-order valence-corrected chi connectivity index (χ0v) is 31.8. The summed E-state index contributed by atoms with van der Waals surface area (Å²) in [6, 6.07) is 82.0. The highest BCUT2D eigenvalue weighted by Gasteiger charge is 2.15. The lowest BCUT2D eigenvalue weighted by molar-refractivity contribution is 1.18. The molecule has 58 heavy (non-hydrogen) atoms. The standard InChI is InChI=1S/C56H38N2/c1-4-14-39(15-5-1)43-26-29-44(30-27-43)54-38-55(58-56(57-54)50-31-28-42-20-10-11-21-45(42)34-50)53-36-51(48-24-12-22-46(32-48)40-16-6-2-7-17-40)35-52(37-53)49-25-13-23-47(33-49)41-18-8-3-9-19-41/h1-38H.